The molecule has 0 radical (unpaired) electrons. The van der Waals surface area contributed by atoms with Gasteiger partial charge in [0, 0.05) is 24.8 Å². The van der Waals surface area contributed by atoms with Crippen LogP contribution >= 0.6 is 0 Å². The summed E-state index contributed by atoms with van der Waals surface area (Å²) in [7, 11) is -3.88. The zero-order valence-electron chi connectivity index (χ0n) is 12.9. The highest BCUT2D eigenvalue weighted by Gasteiger charge is 2.39. The number of H-pyrrole nitrogens is 1. The second-order valence-electron chi connectivity index (χ2n) is 5.66. The monoisotopic (exact) mass is 357 g/mol. The van der Waals surface area contributed by atoms with Crippen molar-refractivity contribution < 1.29 is 21.9 Å². The Balaban J connectivity index is 1.91. The van der Waals surface area contributed by atoms with Crippen molar-refractivity contribution in [3.63, 3.8) is 0 Å². The Kier molecular flexibility index (Phi) is 4.66. The van der Waals surface area contributed by atoms with Gasteiger partial charge in [0.05, 0.1) is 11.1 Å². The number of hydrogen-bond donors (Lipinski definition) is 1. The SMILES string of the molecule is Cc1ccc(S(=O)(=O)N2CC(c3cn[nH]c3)OC(C(F)F)C2)cc1. The molecule has 9 heteroatoms. The zero-order valence-corrected chi connectivity index (χ0v) is 13.7. The summed E-state index contributed by atoms with van der Waals surface area (Å²) < 4.78 is 58.3. The Morgan fingerprint density at radius 2 is 2.00 bits per heavy atom. The van der Waals surface area contributed by atoms with Crippen LogP contribution in [0.5, 0.6) is 0 Å². The predicted molar refractivity (Wildman–Crippen MR) is 82.1 cm³/mol. The number of halogens is 2. The van der Waals surface area contributed by atoms with Crippen LogP contribution in [0.4, 0.5) is 8.78 Å². The molecule has 1 N–H and O–H groups in total. The number of sulfonamides is 1. The average molecular weight is 357 g/mol. The van der Waals surface area contributed by atoms with Crippen LogP contribution in [0.3, 0.4) is 0 Å². The Bertz CT molecular complexity index is 779. The van der Waals surface area contributed by atoms with Gasteiger partial charge in [-0.2, -0.15) is 9.40 Å². The topological polar surface area (TPSA) is 75.3 Å². The first kappa shape index (κ1) is 17.0. The van der Waals surface area contributed by atoms with Gasteiger partial charge in [-0.15, -0.1) is 0 Å². The lowest BCUT2D eigenvalue weighted by atomic mass is 10.1. The van der Waals surface area contributed by atoms with Gasteiger partial charge >= 0.3 is 0 Å². The predicted octanol–water partition coefficient (Wildman–Crippen LogP) is 2.11. The van der Waals surface area contributed by atoms with E-state index in [1.165, 1.54) is 24.5 Å². The molecule has 2 unspecified atom stereocenters. The van der Waals surface area contributed by atoms with E-state index in [0.717, 1.165) is 9.87 Å². The Morgan fingerprint density at radius 1 is 1.29 bits per heavy atom. The molecule has 2 heterocycles. The molecule has 0 amide bonds. The third-order valence-electron chi connectivity index (χ3n) is 3.92. The van der Waals surface area contributed by atoms with Crippen LogP contribution in [0.1, 0.15) is 17.2 Å². The van der Waals surface area contributed by atoms with Gasteiger partial charge in [-0.05, 0) is 19.1 Å². The van der Waals surface area contributed by atoms with Gasteiger partial charge in [0.15, 0.2) is 0 Å². The van der Waals surface area contributed by atoms with Gasteiger partial charge in [-0.1, -0.05) is 17.7 Å². The number of nitrogens with one attached hydrogen (secondary N) is 1. The summed E-state index contributed by atoms with van der Waals surface area (Å²) in [4.78, 5) is 0.0777. The molecule has 0 spiro atoms. The molecule has 0 saturated carbocycles. The fourth-order valence-corrected chi connectivity index (χ4v) is 4.03. The summed E-state index contributed by atoms with van der Waals surface area (Å²) in [5.74, 6) is 0. The summed E-state index contributed by atoms with van der Waals surface area (Å²) in [6.07, 6.45) is -2.12. The summed E-state index contributed by atoms with van der Waals surface area (Å²) in [6, 6.07) is 6.30. The first-order valence-corrected chi connectivity index (χ1v) is 8.81. The second-order valence-corrected chi connectivity index (χ2v) is 7.60. The molecule has 6 nitrogen and oxygen atoms in total. The molecule has 0 bridgehead atoms. The minimum atomic E-state index is -3.88. The van der Waals surface area contributed by atoms with E-state index < -0.39 is 28.7 Å². The number of rotatable bonds is 4. The van der Waals surface area contributed by atoms with Crippen molar-refractivity contribution in [1.29, 1.82) is 0 Å². The van der Waals surface area contributed by atoms with E-state index in [-0.39, 0.29) is 18.0 Å². The maximum Gasteiger partial charge on any atom is 0.265 e. The van der Waals surface area contributed by atoms with Gasteiger partial charge in [-0.3, -0.25) is 5.10 Å². The van der Waals surface area contributed by atoms with E-state index in [1.807, 2.05) is 6.92 Å². The van der Waals surface area contributed by atoms with Crippen LogP contribution in [0.15, 0.2) is 41.6 Å². The van der Waals surface area contributed by atoms with Gasteiger partial charge in [0.2, 0.25) is 10.0 Å². The highest BCUT2D eigenvalue weighted by molar-refractivity contribution is 7.89. The number of alkyl halides is 2. The summed E-state index contributed by atoms with van der Waals surface area (Å²) in [6.45, 7) is 1.41. The molecular formula is C15H17F2N3O3S. The van der Waals surface area contributed by atoms with Gasteiger partial charge < -0.3 is 4.74 Å². The standard InChI is InChI=1S/C15H17F2N3O3S/c1-10-2-4-12(5-3-10)24(21,22)20-8-13(11-6-18-19-7-11)23-14(9-20)15(16)17/h2-7,13-15H,8-9H2,1H3,(H,18,19). The fourth-order valence-electron chi connectivity index (χ4n) is 2.57. The van der Waals surface area contributed by atoms with Crippen LogP contribution in [0.2, 0.25) is 0 Å². The van der Waals surface area contributed by atoms with Crippen molar-refractivity contribution in [3.05, 3.63) is 47.8 Å². The number of morpholine rings is 1. The summed E-state index contributed by atoms with van der Waals surface area (Å²) in [5, 5.41) is 6.34. The minimum Gasteiger partial charge on any atom is -0.361 e. The molecule has 2 atom stereocenters. The van der Waals surface area contributed by atoms with E-state index >= 15 is 0 Å². The minimum absolute atomic E-state index is 0.0427. The van der Waals surface area contributed by atoms with Gasteiger partial charge in [-0.25, -0.2) is 17.2 Å². The van der Waals surface area contributed by atoms with Crippen LogP contribution in [0, 0.1) is 6.92 Å². The number of aryl methyl sites for hydroxylation is 1. The van der Waals surface area contributed by atoms with Crippen molar-refractivity contribution in [2.45, 2.75) is 30.5 Å². The average Bonchev–Trinajstić information content (AvgIpc) is 3.09. The van der Waals surface area contributed by atoms with E-state index in [9.17, 15) is 17.2 Å². The normalized spacial score (nSPS) is 22.8. The van der Waals surface area contributed by atoms with Crippen molar-refractivity contribution in [2.24, 2.45) is 0 Å². The number of nitrogens with zero attached hydrogens (tertiary/aromatic N) is 2. The van der Waals surface area contributed by atoms with Crippen molar-refractivity contribution in [2.75, 3.05) is 13.1 Å². The lowest BCUT2D eigenvalue weighted by Crippen LogP contribution is -2.49. The largest absolute Gasteiger partial charge is 0.361 e. The van der Waals surface area contributed by atoms with Crippen LogP contribution in [-0.4, -0.2) is 48.5 Å². The first-order valence-electron chi connectivity index (χ1n) is 7.37. The summed E-state index contributed by atoms with van der Waals surface area (Å²) >= 11 is 0. The Labute approximate surface area is 138 Å². The Hall–Kier alpha value is -1.84. The van der Waals surface area contributed by atoms with Gasteiger partial charge in [0.1, 0.15) is 12.2 Å². The third-order valence-corrected chi connectivity index (χ3v) is 5.77. The molecule has 1 aromatic carbocycles. The van der Waals surface area contributed by atoms with E-state index in [1.54, 1.807) is 12.1 Å². The number of benzene rings is 1. The molecule has 2 aromatic rings. The molecule has 1 saturated heterocycles. The van der Waals surface area contributed by atoms with Crippen LogP contribution < -0.4 is 0 Å². The second kappa shape index (κ2) is 6.58. The lowest BCUT2D eigenvalue weighted by molar-refractivity contribution is -0.128. The number of aromatic amines is 1. The Morgan fingerprint density at radius 3 is 2.58 bits per heavy atom. The van der Waals surface area contributed by atoms with E-state index in [0.29, 0.717) is 5.56 Å². The maximum atomic E-state index is 13.2. The fraction of sp³-hybridized carbons (Fsp3) is 0.400. The van der Waals surface area contributed by atoms with Crippen LogP contribution in [-0.2, 0) is 14.8 Å². The number of ether oxygens (including phenoxy) is 1. The molecular weight excluding hydrogens is 340 g/mol. The molecule has 24 heavy (non-hydrogen) atoms. The van der Waals surface area contributed by atoms with Crippen LogP contribution in [0.25, 0.3) is 0 Å². The lowest BCUT2D eigenvalue weighted by Gasteiger charge is -2.36. The third kappa shape index (κ3) is 3.33. The highest BCUT2D eigenvalue weighted by Crippen LogP contribution is 2.30. The number of hydrogen-bond acceptors (Lipinski definition) is 4. The first-order chi connectivity index (χ1) is 11.4. The van der Waals surface area contributed by atoms with Crippen molar-refractivity contribution >= 4 is 10.0 Å². The molecule has 0 aliphatic carbocycles. The van der Waals surface area contributed by atoms with E-state index in [4.69, 9.17) is 4.74 Å². The van der Waals surface area contributed by atoms with Crippen molar-refractivity contribution in [1.82, 2.24) is 14.5 Å². The maximum absolute atomic E-state index is 13.2. The van der Waals surface area contributed by atoms with Crippen molar-refractivity contribution in [3.8, 4) is 0 Å². The molecule has 130 valence electrons. The smallest absolute Gasteiger partial charge is 0.265 e. The number of aromatic nitrogens is 2. The quantitative estimate of drug-likeness (QED) is 0.909. The summed E-state index contributed by atoms with van der Waals surface area (Å²) in [5.41, 5.74) is 1.45. The zero-order chi connectivity index (χ0) is 17.3. The molecule has 1 aliphatic heterocycles. The van der Waals surface area contributed by atoms with Gasteiger partial charge in [0.25, 0.3) is 6.43 Å². The highest BCUT2D eigenvalue weighted by atomic mass is 32.2. The molecule has 3 rings (SSSR count). The van der Waals surface area contributed by atoms with E-state index in [2.05, 4.69) is 10.2 Å². The molecule has 1 aromatic heterocycles. The molecule has 1 fully saturated rings. The molecule has 1 aliphatic rings.